The van der Waals surface area contributed by atoms with Gasteiger partial charge in [-0.2, -0.15) is 0 Å². The lowest BCUT2D eigenvalue weighted by atomic mass is 10.1. The smallest absolute Gasteiger partial charge is 0.248 e. The predicted molar refractivity (Wildman–Crippen MR) is 93.5 cm³/mol. The number of aryl methyl sites for hydroxylation is 2. The van der Waals surface area contributed by atoms with Crippen LogP contribution in [0.5, 0.6) is 0 Å². The third kappa shape index (κ3) is 4.38. The van der Waals surface area contributed by atoms with Gasteiger partial charge in [0.25, 0.3) is 0 Å². The van der Waals surface area contributed by atoms with Gasteiger partial charge in [0.2, 0.25) is 5.91 Å². The Morgan fingerprint density at radius 2 is 1.86 bits per heavy atom. The number of benzene rings is 2. The van der Waals surface area contributed by atoms with Gasteiger partial charge in [-0.3, -0.25) is 4.79 Å². The first-order chi connectivity index (χ1) is 10.6. The number of nitrogens with two attached hydrogens (primary N) is 1. The second kappa shape index (κ2) is 8.04. The summed E-state index contributed by atoms with van der Waals surface area (Å²) in [7, 11) is 0. The summed E-state index contributed by atoms with van der Waals surface area (Å²) >= 11 is 1.77. The maximum atomic E-state index is 11.2. The van der Waals surface area contributed by atoms with E-state index in [9.17, 15) is 4.79 Å². The fraction of sp³-hybridized carbons (Fsp3) is 0.316. The van der Waals surface area contributed by atoms with Crippen molar-refractivity contribution in [2.45, 2.75) is 49.3 Å². The minimum Gasteiger partial charge on any atom is -0.366 e. The minimum atomic E-state index is -0.375. The number of hydrogen-bond donors (Lipinski definition) is 1. The van der Waals surface area contributed by atoms with Crippen LogP contribution in [0.2, 0.25) is 0 Å². The number of primary amides is 1. The Morgan fingerprint density at radius 3 is 2.55 bits per heavy atom. The van der Waals surface area contributed by atoms with Crippen molar-refractivity contribution in [3.05, 3.63) is 59.2 Å². The van der Waals surface area contributed by atoms with Gasteiger partial charge in [0.05, 0.1) is 0 Å². The van der Waals surface area contributed by atoms with Crippen LogP contribution in [0, 0.1) is 6.92 Å². The van der Waals surface area contributed by atoms with Gasteiger partial charge in [-0.15, -0.1) is 0 Å². The molecule has 0 aliphatic carbocycles. The molecule has 0 saturated heterocycles. The highest BCUT2D eigenvalue weighted by Crippen LogP contribution is 2.33. The number of carbonyl (C=O) groups is 1. The van der Waals surface area contributed by atoms with E-state index in [2.05, 4.69) is 31.2 Å². The summed E-state index contributed by atoms with van der Waals surface area (Å²) in [5, 5.41) is 0. The molecule has 2 rings (SSSR count). The van der Waals surface area contributed by atoms with Gasteiger partial charge in [-0.25, -0.2) is 0 Å². The van der Waals surface area contributed by atoms with E-state index in [0.717, 1.165) is 12.0 Å². The molecule has 0 aliphatic heterocycles. The van der Waals surface area contributed by atoms with E-state index in [4.69, 9.17) is 5.73 Å². The second-order valence-electron chi connectivity index (χ2n) is 5.51. The SMILES string of the molecule is CCCCCc1ccccc1Sc1ccc(C(N)=O)cc1C. The number of rotatable bonds is 7. The van der Waals surface area contributed by atoms with Crippen molar-refractivity contribution in [1.82, 2.24) is 0 Å². The molecular formula is C19H23NOS. The zero-order valence-electron chi connectivity index (χ0n) is 13.3. The zero-order chi connectivity index (χ0) is 15.9. The van der Waals surface area contributed by atoms with E-state index < -0.39 is 0 Å². The van der Waals surface area contributed by atoms with Crippen LogP contribution in [0.4, 0.5) is 0 Å². The zero-order valence-corrected chi connectivity index (χ0v) is 14.1. The molecule has 0 aromatic heterocycles. The van der Waals surface area contributed by atoms with Gasteiger partial charge in [-0.1, -0.05) is 49.7 Å². The van der Waals surface area contributed by atoms with Crippen molar-refractivity contribution in [3.63, 3.8) is 0 Å². The van der Waals surface area contributed by atoms with Gasteiger partial charge in [0, 0.05) is 15.4 Å². The van der Waals surface area contributed by atoms with Gasteiger partial charge >= 0.3 is 0 Å². The van der Waals surface area contributed by atoms with Crippen LogP contribution < -0.4 is 5.73 Å². The Labute approximate surface area is 137 Å². The Hall–Kier alpha value is -1.74. The van der Waals surface area contributed by atoms with Crippen LogP contribution in [0.3, 0.4) is 0 Å². The summed E-state index contributed by atoms with van der Waals surface area (Å²) < 4.78 is 0. The summed E-state index contributed by atoms with van der Waals surface area (Å²) in [4.78, 5) is 13.7. The van der Waals surface area contributed by atoms with E-state index in [1.165, 1.54) is 34.6 Å². The maximum Gasteiger partial charge on any atom is 0.248 e. The maximum absolute atomic E-state index is 11.2. The fourth-order valence-electron chi connectivity index (χ4n) is 2.41. The molecule has 0 atom stereocenters. The van der Waals surface area contributed by atoms with E-state index >= 15 is 0 Å². The molecular weight excluding hydrogens is 290 g/mol. The molecule has 0 radical (unpaired) electrons. The van der Waals surface area contributed by atoms with Crippen molar-refractivity contribution < 1.29 is 4.79 Å². The third-order valence-electron chi connectivity index (χ3n) is 3.70. The summed E-state index contributed by atoms with van der Waals surface area (Å²) in [5.41, 5.74) is 8.39. The van der Waals surface area contributed by atoms with Gasteiger partial charge in [-0.05, 0) is 55.2 Å². The minimum absolute atomic E-state index is 0.375. The van der Waals surface area contributed by atoms with Crippen molar-refractivity contribution in [2.24, 2.45) is 5.73 Å². The predicted octanol–water partition coefficient (Wildman–Crippen LogP) is 4.98. The average Bonchev–Trinajstić information content (AvgIpc) is 2.51. The van der Waals surface area contributed by atoms with Crippen LogP contribution in [0.15, 0.2) is 52.3 Å². The molecule has 0 aliphatic rings. The molecule has 2 nitrogen and oxygen atoms in total. The number of amides is 1. The van der Waals surface area contributed by atoms with E-state index in [-0.39, 0.29) is 5.91 Å². The molecule has 0 fully saturated rings. The summed E-state index contributed by atoms with van der Waals surface area (Å²) in [6, 6.07) is 14.2. The molecule has 0 unspecified atom stereocenters. The highest BCUT2D eigenvalue weighted by atomic mass is 32.2. The van der Waals surface area contributed by atoms with Crippen LogP contribution in [0.25, 0.3) is 0 Å². The molecule has 2 aromatic carbocycles. The van der Waals surface area contributed by atoms with Gasteiger partial charge < -0.3 is 5.73 Å². The van der Waals surface area contributed by atoms with Crippen LogP contribution in [-0.2, 0) is 6.42 Å². The summed E-state index contributed by atoms with van der Waals surface area (Å²) in [6.45, 7) is 4.25. The van der Waals surface area contributed by atoms with E-state index in [1.54, 1.807) is 17.8 Å². The van der Waals surface area contributed by atoms with Crippen LogP contribution >= 0.6 is 11.8 Å². The van der Waals surface area contributed by atoms with Crippen LogP contribution in [0.1, 0.15) is 47.7 Å². The fourth-order valence-corrected chi connectivity index (χ4v) is 3.45. The normalized spacial score (nSPS) is 10.6. The average molecular weight is 313 g/mol. The number of carbonyl (C=O) groups excluding carboxylic acids is 1. The van der Waals surface area contributed by atoms with Crippen molar-refractivity contribution in [1.29, 1.82) is 0 Å². The Kier molecular flexibility index (Phi) is 6.08. The van der Waals surface area contributed by atoms with Crippen LogP contribution in [-0.4, -0.2) is 5.91 Å². The first-order valence-corrected chi connectivity index (χ1v) is 8.59. The largest absolute Gasteiger partial charge is 0.366 e. The lowest BCUT2D eigenvalue weighted by molar-refractivity contribution is 0.1000. The van der Waals surface area contributed by atoms with Gasteiger partial charge in [0.15, 0.2) is 0 Å². The molecule has 22 heavy (non-hydrogen) atoms. The lowest BCUT2D eigenvalue weighted by Crippen LogP contribution is -2.10. The van der Waals surface area contributed by atoms with Gasteiger partial charge in [0.1, 0.15) is 0 Å². The van der Waals surface area contributed by atoms with Crippen molar-refractivity contribution >= 4 is 17.7 Å². The highest BCUT2D eigenvalue weighted by molar-refractivity contribution is 7.99. The molecule has 1 amide bonds. The standard InChI is InChI=1S/C19H23NOS/c1-3-4-5-8-15-9-6-7-10-18(15)22-17-12-11-16(19(20)21)13-14(17)2/h6-7,9-13H,3-5,8H2,1-2H3,(H2,20,21). The quantitative estimate of drug-likeness (QED) is 0.733. The van der Waals surface area contributed by atoms with E-state index in [0.29, 0.717) is 5.56 Å². The number of unbranched alkanes of at least 4 members (excludes halogenated alkanes) is 2. The Bertz CT molecular complexity index is 652. The highest BCUT2D eigenvalue weighted by Gasteiger charge is 2.08. The third-order valence-corrected chi connectivity index (χ3v) is 5.00. The van der Waals surface area contributed by atoms with Crippen molar-refractivity contribution in [2.75, 3.05) is 0 Å². The number of hydrogen-bond acceptors (Lipinski definition) is 2. The molecule has 0 spiro atoms. The molecule has 2 N–H and O–H groups in total. The first-order valence-electron chi connectivity index (χ1n) is 7.78. The monoisotopic (exact) mass is 313 g/mol. The molecule has 0 saturated carbocycles. The molecule has 0 bridgehead atoms. The molecule has 2 aromatic rings. The Morgan fingerprint density at radius 1 is 1.09 bits per heavy atom. The summed E-state index contributed by atoms with van der Waals surface area (Å²) in [6.07, 6.45) is 4.86. The molecule has 3 heteroatoms. The van der Waals surface area contributed by atoms with E-state index in [1.807, 2.05) is 19.1 Å². The molecule has 116 valence electrons. The molecule has 0 heterocycles. The topological polar surface area (TPSA) is 43.1 Å². The second-order valence-corrected chi connectivity index (χ2v) is 6.60. The summed E-state index contributed by atoms with van der Waals surface area (Å²) in [5.74, 6) is -0.375. The Balaban J connectivity index is 2.18. The lowest BCUT2D eigenvalue weighted by Gasteiger charge is -2.11. The van der Waals surface area contributed by atoms with Crippen molar-refractivity contribution in [3.8, 4) is 0 Å². The first kappa shape index (κ1) is 16.6.